The van der Waals surface area contributed by atoms with Crippen LogP contribution in [-0.2, 0) is 17.3 Å². The quantitative estimate of drug-likeness (QED) is 0.612. The van der Waals surface area contributed by atoms with E-state index in [-0.39, 0.29) is 12.2 Å². The average Bonchev–Trinajstić information content (AvgIpc) is 2.90. The van der Waals surface area contributed by atoms with Gasteiger partial charge in [-0.25, -0.2) is 4.79 Å². The maximum absolute atomic E-state index is 12.5. The summed E-state index contributed by atoms with van der Waals surface area (Å²) in [7, 11) is 0. The number of alkyl halides is 3. The van der Waals surface area contributed by atoms with Crippen LogP contribution in [0.3, 0.4) is 0 Å². The first-order valence-electron chi connectivity index (χ1n) is 7.67. The predicted molar refractivity (Wildman–Crippen MR) is 86.4 cm³/mol. The van der Waals surface area contributed by atoms with E-state index in [0.29, 0.717) is 6.42 Å². The maximum atomic E-state index is 12.5. The maximum Gasteiger partial charge on any atom is 0.416 e. The van der Waals surface area contributed by atoms with Crippen molar-refractivity contribution in [3.8, 4) is 0 Å². The molecule has 0 aliphatic heterocycles. The Balaban J connectivity index is 1.63. The molecule has 0 aliphatic carbocycles. The number of hydrogen-bond donors (Lipinski definition) is 0. The minimum Gasteiger partial charge on any atom is -0.462 e. The molecule has 2 aromatic carbocycles. The summed E-state index contributed by atoms with van der Waals surface area (Å²) in [4.78, 5) is 12.0. The summed E-state index contributed by atoms with van der Waals surface area (Å²) < 4.78 is 48.4. The zero-order valence-corrected chi connectivity index (χ0v) is 13.4. The molecule has 0 saturated carbocycles. The van der Waals surface area contributed by atoms with Crippen molar-refractivity contribution in [1.82, 2.24) is 0 Å². The molecular weight excluding hydrogens is 333 g/mol. The number of ether oxygens (including phenoxy) is 1. The summed E-state index contributed by atoms with van der Waals surface area (Å²) in [6.45, 7) is 1.96. The van der Waals surface area contributed by atoms with E-state index < -0.39 is 17.7 Å². The van der Waals surface area contributed by atoms with Gasteiger partial charge in [-0.05, 0) is 37.3 Å². The van der Waals surface area contributed by atoms with Gasteiger partial charge in [0.25, 0.3) is 0 Å². The minimum absolute atomic E-state index is 0.0850. The summed E-state index contributed by atoms with van der Waals surface area (Å²) in [6, 6.07) is 11.5. The smallest absolute Gasteiger partial charge is 0.416 e. The van der Waals surface area contributed by atoms with Gasteiger partial charge in [0, 0.05) is 17.4 Å². The standard InChI is InChI=1S/C19H15F3O3/c1-12-15(16-4-2-3-5-17(16)25-12)10-11-24-18(23)13-6-8-14(9-7-13)19(20,21)22/h2-9H,10-11H2,1H3. The molecular formula is C19H15F3O3. The van der Waals surface area contributed by atoms with Crippen LogP contribution in [0, 0.1) is 6.92 Å². The molecule has 3 aromatic rings. The van der Waals surface area contributed by atoms with Gasteiger partial charge in [-0.15, -0.1) is 0 Å². The number of carbonyl (C=O) groups is 1. The summed E-state index contributed by atoms with van der Waals surface area (Å²) in [5, 5.41) is 0.963. The number of furan rings is 1. The second-order valence-electron chi connectivity index (χ2n) is 5.59. The molecule has 3 nitrogen and oxygen atoms in total. The van der Waals surface area contributed by atoms with Crippen molar-refractivity contribution in [1.29, 1.82) is 0 Å². The van der Waals surface area contributed by atoms with Crippen LogP contribution in [0.1, 0.15) is 27.2 Å². The Morgan fingerprint density at radius 1 is 1.08 bits per heavy atom. The van der Waals surface area contributed by atoms with Gasteiger partial charge >= 0.3 is 12.1 Å². The van der Waals surface area contributed by atoms with E-state index in [0.717, 1.165) is 46.6 Å². The van der Waals surface area contributed by atoms with Crippen LogP contribution in [-0.4, -0.2) is 12.6 Å². The first-order chi connectivity index (χ1) is 11.9. The molecule has 0 unspecified atom stereocenters. The number of benzene rings is 2. The molecule has 6 heteroatoms. The van der Waals surface area contributed by atoms with Gasteiger partial charge in [0.05, 0.1) is 17.7 Å². The summed E-state index contributed by atoms with van der Waals surface area (Å²) in [5.41, 5.74) is 1.01. The Morgan fingerprint density at radius 3 is 2.44 bits per heavy atom. The number of aryl methyl sites for hydroxylation is 1. The van der Waals surface area contributed by atoms with Crippen molar-refractivity contribution in [2.24, 2.45) is 0 Å². The summed E-state index contributed by atoms with van der Waals surface area (Å²) in [6.07, 6.45) is -3.96. The highest BCUT2D eigenvalue weighted by Crippen LogP contribution is 2.29. The summed E-state index contributed by atoms with van der Waals surface area (Å²) in [5.74, 6) is 0.103. The van der Waals surface area contributed by atoms with E-state index in [9.17, 15) is 18.0 Å². The zero-order valence-electron chi connectivity index (χ0n) is 13.4. The molecule has 25 heavy (non-hydrogen) atoms. The van der Waals surface area contributed by atoms with E-state index in [1.165, 1.54) is 0 Å². The van der Waals surface area contributed by atoms with Crippen LogP contribution in [0.5, 0.6) is 0 Å². The molecule has 0 fully saturated rings. The first-order valence-corrected chi connectivity index (χ1v) is 7.67. The molecule has 0 saturated heterocycles. The van der Waals surface area contributed by atoms with Crippen molar-refractivity contribution in [3.63, 3.8) is 0 Å². The van der Waals surface area contributed by atoms with Crippen LogP contribution in [0.15, 0.2) is 52.9 Å². The van der Waals surface area contributed by atoms with Gasteiger partial charge in [-0.1, -0.05) is 18.2 Å². The number of esters is 1. The lowest BCUT2D eigenvalue weighted by Crippen LogP contribution is -2.10. The minimum atomic E-state index is -4.43. The normalized spacial score (nSPS) is 11.7. The number of hydrogen-bond acceptors (Lipinski definition) is 3. The van der Waals surface area contributed by atoms with Gasteiger partial charge in [-0.3, -0.25) is 0 Å². The fraction of sp³-hybridized carbons (Fsp3) is 0.211. The lowest BCUT2D eigenvalue weighted by Gasteiger charge is -2.08. The largest absolute Gasteiger partial charge is 0.462 e. The van der Waals surface area contributed by atoms with E-state index in [1.54, 1.807) is 0 Å². The third-order valence-corrected chi connectivity index (χ3v) is 3.93. The molecule has 0 aliphatic rings. The fourth-order valence-corrected chi connectivity index (χ4v) is 2.66. The van der Waals surface area contributed by atoms with Gasteiger partial charge in [0.1, 0.15) is 11.3 Å². The lowest BCUT2D eigenvalue weighted by atomic mass is 10.1. The Labute approximate surface area is 142 Å². The van der Waals surface area contributed by atoms with Crippen LogP contribution in [0.4, 0.5) is 13.2 Å². The van der Waals surface area contributed by atoms with E-state index in [1.807, 2.05) is 31.2 Å². The SMILES string of the molecule is Cc1oc2ccccc2c1CCOC(=O)c1ccc(C(F)(F)F)cc1. The average molecular weight is 348 g/mol. The van der Waals surface area contributed by atoms with Gasteiger partial charge in [-0.2, -0.15) is 13.2 Å². The van der Waals surface area contributed by atoms with Gasteiger partial charge in [0.2, 0.25) is 0 Å². The Hall–Kier alpha value is -2.76. The van der Waals surface area contributed by atoms with Crippen LogP contribution in [0.25, 0.3) is 11.0 Å². The molecule has 0 spiro atoms. The Bertz CT molecular complexity index is 892. The topological polar surface area (TPSA) is 39.4 Å². The van der Waals surface area contributed by atoms with Crippen LogP contribution >= 0.6 is 0 Å². The zero-order chi connectivity index (χ0) is 18.0. The fourth-order valence-electron chi connectivity index (χ4n) is 2.66. The Morgan fingerprint density at radius 2 is 1.76 bits per heavy atom. The van der Waals surface area contributed by atoms with E-state index >= 15 is 0 Å². The van der Waals surface area contributed by atoms with Crippen molar-refractivity contribution in [2.75, 3.05) is 6.61 Å². The number of carbonyl (C=O) groups excluding carboxylic acids is 1. The van der Waals surface area contributed by atoms with Crippen molar-refractivity contribution in [3.05, 3.63) is 71.0 Å². The molecule has 1 heterocycles. The molecule has 0 bridgehead atoms. The number of halogens is 3. The molecule has 0 N–H and O–H groups in total. The van der Waals surface area contributed by atoms with Gasteiger partial charge in [0.15, 0.2) is 0 Å². The highest BCUT2D eigenvalue weighted by Gasteiger charge is 2.30. The van der Waals surface area contributed by atoms with Crippen molar-refractivity contribution < 1.29 is 27.1 Å². The number of rotatable bonds is 4. The Kier molecular flexibility index (Phi) is 4.53. The van der Waals surface area contributed by atoms with Crippen molar-refractivity contribution in [2.45, 2.75) is 19.5 Å². The number of para-hydroxylation sites is 1. The second-order valence-corrected chi connectivity index (χ2v) is 5.59. The van der Waals surface area contributed by atoms with E-state index in [4.69, 9.17) is 9.15 Å². The third-order valence-electron chi connectivity index (χ3n) is 3.93. The lowest BCUT2D eigenvalue weighted by molar-refractivity contribution is -0.137. The molecule has 0 amide bonds. The van der Waals surface area contributed by atoms with Crippen LogP contribution < -0.4 is 0 Å². The monoisotopic (exact) mass is 348 g/mol. The molecule has 0 atom stereocenters. The molecule has 0 radical (unpaired) electrons. The first kappa shape index (κ1) is 17.1. The third kappa shape index (κ3) is 3.68. The second kappa shape index (κ2) is 6.63. The molecule has 1 aromatic heterocycles. The molecule has 130 valence electrons. The highest BCUT2D eigenvalue weighted by atomic mass is 19.4. The molecule has 3 rings (SSSR count). The summed E-state index contributed by atoms with van der Waals surface area (Å²) >= 11 is 0. The highest BCUT2D eigenvalue weighted by molar-refractivity contribution is 5.89. The predicted octanol–water partition coefficient (Wildman–Crippen LogP) is 5.16. The van der Waals surface area contributed by atoms with Gasteiger partial charge < -0.3 is 9.15 Å². The van der Waals surface area contributed by atoms with E-state index in [2.05, 4.69) is 0 Å². The number of fused-ring (bicyclic) bond motifs is 1. The van der Waals surface area contributed by atoms with Crippen LogP contribution in [0.2, 0.25) is 0 Å². The van der Waals surface area contributed by atoms with Crippen molar-refractivity contribution >= 4 is 16.9 Å².